The molecule has 4 rings (SSSR count). The lowest BCUT2D eigenvalue weighted by molar-refractivity contribution is -0.132. The molecule has 1 aliphatic rings. The van der Waals surface area contributed by atoms with Gasteiger partial charge in [0.2, 0.25) is 0 Å². The molecule has 2 aromatic carbocycles. The highest BCUT2D eigenvalue weighted by atomic mass is 79.9. The molecular formula is C22H16BrNO6. The summed E-state index contributed by atoms with van der Waals surface area (Å²) in [5.74, 6) is -1.49. The quantitative estimate of drug-likeness (QED) is 0.334. The summed E-state index contributed by atoms with van der Waals surface area (Å²) in [6.07, 6.45) is 1.41. The molecule has 1 unspecified atom stereocenters. The van der Waals surface area contributed by atoms with Crippen LogP contribution in [0.3, 0.4) is 0 Å². The Labute approximate surface area is 179 Å². The molecule has 1 fully saturated rings. The van der Waals surface area contributed by atoms with E-state index in [-0.39, 0.29) is 28.5 Å². The molecule has 1 amide bonds. The topological polar surface area (TPSA) is 100 Å². The summed E-state index contributed by atoms with van der Waals surface area (Å²) in [6, 6.07) is 13.1. The summed E-state index contributed by atoms with van der Waals surface area (Å²) in [4.78, 5) is 27.0. The largest absolute Gasteiger partial charge is 0.507 e. The molecule has 30 heavy (non-hydrogen) atoms. The highest BCUT2D eigenvalue weighted by Crippen LogP contribution is 2.45. The van der Waals surface area contributed by atoms with Crippen LogP contribution in [0.1, 0.15) is 17.4 Å². The van der Waals surface area contributed by atoms with Gasteiger partial charge in [-0.25, -0.2) is 0 Å². The number of aromatic hydroxyl groups is 1. The van der Waals surface area contributed by atoms with Gasteiger partial charge in [0.05, 0.1) is 29.1 Å². The van der Waals surface area contributed by atoms with Gasteiger partial charge in [-0.05, 0) is 58.4 Å². The van der Waals surface area contributed by atoms with Crippen molar-refractivity contribution in [3.8, 4) is 11.5 Å². The Kier molecular flexibility index (Phi) is 5.09. The molecule has 152 valence electrons. The molecule has 1 aliphatic heterocycles. The Balaban J connectivity index is 1.93. The fourth-order valence-corrected chi connectivity index (χ4v) is 3.97. The average Bonchev–Trinajstić information content (AvgIpc) is 3.35. The zero-order valence-corrected chi connectivity index (χ0v) is 17.3. The van der Waals surface area contributed by atoms with Gasteiger partial charge in [-0.15, -0.1) is 0 Å². The van der Waals surface area contributed by atoms with Crippen molar-refractivity contribution in [2.75, 3.05) is 12.0 Å². The second-order valence-corrected chi connectivity index (χ2v) is 7.38. The Bertz CT molecular complexity index is 1170. The van der Waals surface area contributed by atoms with Crippen LogP contribution in [0.5, 0.6) is 11.5 Å². The van der Waals surface area contributed by atoms with Gasteiger partial charge in [0.1, 0.15) is 29.1 Å². The first-order valence-corrected chi connectivity index (χ1v) is 9.69. The number of furan rings is 1. The molecule has 1 atom stereocenters. The van der Waals surface area contributed by atoms with Crippen molar-refractivity contribution >= 4 is 39.1 Å². The van der Waals surface area contributed by atoms with E-state index in [2.05, 4.69) is 15.9 Å². The number of Topliss-reactive ketones (excluding diaryl/α,β-unsaturated/α-hetero) is 1. The maximum atomic E-state index is 13.0. The van der Waals surface area contributed by atoms with Crippen molar-refractivity contribution in [2.45, 2.75) is 6.04 Å². The lowest BCUT2D eigenvalue weighted by Gasteiger charge is -2.24. The summed E-state index contributed by atoms with van der Waals surface area (Å²) >= 11 is 3.35. The van der Waals surface area contributed by atoms with Gasteiger partial charge in [-0.2, -0.15) is 0 Å². The number of aliphatic hydroxyl groups is 1. The van der Waals surface area contributed by atoms with Crippen LogP contribution >= 0.6 is 15.9 Å². The number of hydrogen-bond acceptors (Lipinski definition) is 6. The Morgan fingerprint density at radius 3 is 2.53 bits per heavy atom. The predicted molar refractivity (Wildman–Crippen MR) is 112 cm³/mol. The number of halogens is 1. The first-order valence-electron chi connectivity index (χ1n) is 8.90. The second kappa shape index (κ2) is 7.72. The molecule has 0 radical (unpaired) electrons. The molecule has 2 N–H and O–H groups in total. The number of phenolic OH excluding ortho intramolecular Hbond substituents is 1. The molecule has 0 spiro atoms. The minimum atomic E-state index is -1.05. The first kappa shape index (κ1) is 19.8. The molecule has 1 aromatic heterocycles. The third kappa shape index (κ3) is 3.15. The monoisotopic (exact) mass is 469 g/mol. The smallest absolute Gasteiger partial charge is 0.300 e. The molecule has 0 aliphatic carbocycles. The predicted octanol–water partition coefficient (Wildman–Crippen LogP) is 4.38. The number of hydrogen-bond donors (Lipinski definition) is 2. The van der Waals surface area contributed by atoms with E-state index in [9.17, 15) is 19.8 Å². The zero-order chi connectivity index (χ0) is 21.4. The van der Waals surface area contributed by atoms with Crippen LogP contribution in [0.25, 0.3) is 5.76 Å². The Hall–Kier alpha value is -3.52. The number of carbonyl (C=O) groups excluding carboxylic acids is 2. The van der Waals surface area contributed by atoms with Crippen molar-refractivity contribution in [1.29, 1.82) is 0 Å². The van der Waals surface area contributed by atoms with Gasteiger partial charge in [0.25, 0.3) is 11.7 Å². The normalized spacial score (nSPS) is 18.1. The van der Waals surface area contributed by atoms with E-state index >= 15 is 0 Å². The third-order valence-corrected chi connectivity index (χ3v) is 5.44. The lowest BCUT2D eigenvalue weighted by atomic mass is 9.99. The van der Waals surface area contributed by atoms with E-state index in [0.717, 1.165) is 4.90 Å². The molecule has 0 bridgehead atoms. The van der Waals surface area contributed by atoms with Gasteiger partial charge in [-0.1, -0.05) is 12.1 Å². The number of nitrogens with zero attached hydrogens (tertiary/aromatic N) is 1. The highest BCUT2D eigenvalue weighted by Gasteiger charge is 2.49. The van der Waals surface area contributed by atoms with Crippen LogP contribution in [0, 0.1) is 0 Å². The molecule has 3 aromatic rings. The standard InChI is InChI=1S/C22H16BrNO6/c1-29-16-9-8-12(11-13(16)23)20(26)18-19(17-7-4-10-30-17)24(22(28)21(18)27)14-5-2-3-6-15(14)25/h2-11,19,25-26H,1H3/b20-18-. The van der Waals surface area contributed by atoms with Crippen molar-refractivity contribution < 1.29 is 29.0 Å². The van der Waals surface area contributed by atoms with Crippen molar-refractivity contribution in [3.63, 3.8) is 0 Å². The van der Waals surface area contributed by atoms with Crippen LogP contribution in [0.2, 0.25) is 0 Å². The van der Waals surface area contributed by atoms with Crippen molar-refractivity contribution in [1.82, 2.24) is 0 Å². The number of phenols is 1. The molecule has 2 heterocycles. The Morgan fingerprint density at radius 2 is 1.90 bits per heavy atom. The third-order valence-electron chi connectivity index (χ3n) is 4.82. The summed E-state index contributed by atoms with van der Waals surface area (Å²) in [5, 5.41) is 21.3. The minimum Gasteiger partial charge on any atom is -0.507 e. The van der Waals surface area contributed by atoms with Gasteiger partial charge in [0.15, 0.2) is 0 Å². The maximum Gasteiger partial charge on any atom is 0.300 e. The van der Waals surface area contributed by atoms with E-state index in [1.165, 1.54) is 25.5 Å². The number of ketones is 1. The van der Waals surface area contributed by atoms with Crippen molar-refractivity contribution in [3.05, 3.63) is 82.2 Å². The van der Waals surface area contributed by atoms with E-state index in [1.54, 1.807) is 42.5 Å². The van der Waals surface area contributed by atoms with E-state index in [1.807, 2.05) is 0 Å². The van der Waals surface area contributed by atoms with Gasteiger partial charge < -0.3 is 19.4 Å². The molecule has 8 heteroatoms. The number of amides is 1. The van der Waals surface area contributed by atoms with Crippen LogP contribution in [-0.4, -0.2) is 29.0 Å². The number of carbonyl (C=O) groups is 2. The fraction of sp³-hybridized carbons (Fsp3) is 0.0909. The summed E-state index contributed by atoms with van der Waals surface area (Å²) in [6.45, 7) is 0. The molecule has 0 saturated carbocycles. The van der Waals surface area contributed by atoms with Crippen molar-refractivity contribution in [2.24, 2.45) is 0 Å². The van der Waals surface area contributed by atoms with E-state index in [4.69, 9.17) is 9.15 Å². The SMILES string of the molecule is COc1ccc(/C(O)=C2/C(=O)C(=O)N(c3ccccc3O)C2c2ccco2)cc1Br. The number of para-hydroxylation sites is 2. The maximum absolute atomic E-state index is 13.0. The minimum absolute atomic E-state index is 0.135. The van der Waals surface area contributed by atoms with Crippen LogP contribution < -0.4 is 9.64 Å². The van der Waals surface area contributed by atoms with E-state index in [0.29, 0.717) is 15.8 Å². The Morgan fingerprint density at radius 1 is 1.13 bits per heavy atom. The number of ether oxygens (including phenoxy) is 1. The lowest BCUT2D eigenvalue weighted by Crippen LogP contribution is -2.29. The summed E-state index contributed by atoms with van der Waals surface area (Å²) < 4.78 is 11.2. The number of anilines is 1. The number of benzene rings is 2. The van der Waals surface area contributed by atoms with Crippen LogP contribution in [-0.2, 0) is 9.59 Å². The molecule has 7 nitrogen and oxygen atoms in total. The fourth-order valence-electron chi connectivity index (χ4n) is 3.43. The van der Waals surface area contributed by atoms with Crippen LogP contribution in [0.15, 0.2) is 75.3 Å². The molecule has 1 saturated heterocycles. The highest BCUT2D eigenvalue weighted by molar-refractivity contribution is 9.10. The summed E-state index contributed by atoms with van der Waals surface area (Å²) in [5.41, 5.74) is 0.306. The van der Waals surface area contributed by atoms with E-state index < -0.39 is 17.7 Å². The number of rotatable bonds is 4. The first-order chi connectivity index (χ1) is 14.4. The summed E-state index contributed by atoms with van der Waals surface area (Å²) in [7, 11) is 1.51. The number of methoxy groups -OCH3 is 1. The van der Waals surface area contributed by atoms with Gasteiger partial charge >= 0.3 is 0 Å². The van der Waals surface area contributed by atoms with Crippen LogP contribution in [0.4, 0.5) is 5.69 Å². The van der Waals surface area contributed by atoms with Gasteiger partial charge in [-0.3, -0.25) is 14.5 Å². The number of aliphatic hydroxyl groups excluding tert-OH is 1. The average molecular weight is 470 g/mol. The van der Waals surface area contributed by atoms with Gasteiger partial charge in [0, 0.05) is 5.56 Å². The zero-order valence-electron chi connectivity index (χ0n) is 15.7. The molecular weight excluding hydrogens is 454 g/mol. The second-order valence-electron chi connectivity index (χ2n) is 6.52.